The third-order valence-corrected chi connectivity index (χ3v) is 3.33. The van der Waals surface area contributed by atoms with E-state index in [1.165, 1.54) is 0 Å². The molecule has 4 nitrogen and oxygen atoms in total. The van der Waals surface area contributed by atoms with Crippen molar-refractivity contribution in [3.05, 3.63) is 12.4 Å². The van der Waals surface area contributed by atoms with Crippen LogP contribution in [0.15, 0.2) is 12.4 Å². The van der Waals surface area contributed by atoms with E-state index in [4.69, 9.17) is 9.68 Å². The zero-order valence-electron chi connectivity index (χ0n) is 9.87. The third-order valence-electron chi connectivity index (χ3n) is 3.33. The van der Waals surface area contributed by atoms with Gasteiger partial charge >= 0.3 is 0 Å². The highest BCUT2D eigenvalue weighted by atomic mass is 16.7. The van der Waals surface area contributed by atoms with Crippen LogP contribution in [-0.2, 0) is 9.68 Å². The fraction of sp³-hybridized carbons (Fsp3) is 0.800. The van der Waals surface area contributed by atoms with Crippen molar-refractivity contribution < 1.29 is 9.68 Å². The molecule has 14 heavy (non-hydrogen) atoms. The molecule has 1 aliphatic rings. The van der Waals surface area contributed by atoms with Crippen LogP contribution in [-0.4, -0.2) is 35.4 Å². The van der Waals surface area contributed by atoms with Gasteiger partial charge in [-0.3, -0.25) is 19.8 Å². The maximum atomic E-state index is 5.30. The lowest BCUT2D eigenvalue weighted by atomic mass is 9.81. The fourth-order valence-electron chi connectivity index (χ4n) is 1.61. The number of rotatable bonds is 2. The van der Waals surface area contributed by atoms with Crippen LogP contribution in [0.2, 0.25) is 0 Å². The number of hydroxylamine groups is 4. The monoisotopic (exact) mass is 200 g/mol. The van der Waals surface area contributed by atoms with Gasteiger partial charge in [0.1, 0.15) is 0 Å². The highest BCUT2D eigenvalue weighted by Crippen LogP contribution is 2.37. The fourth-order valence-corrected chi connectivity index (χ4v) is 1.61. The van der Waals surface area contributed by atoms with E-state index in [0.717, 1.165) is 0 Å². The van der Waals surface area contributed by atoms with Crippen LogP contribution in [0.1, 0.15) is 27.7 Å². The first-order valence-corrected chi connectivity index (χ1v) is 4.73. The summed E-state index contributed by atoms with van der Waals surface area (Å²) in [5.74, 6) is 0. The summed E-state index contributed by atoms with van der Waals surface area (Å²) in [6.07, 6.45) is 3.74. The largest absolute Gasteiger partial charge is 0.277 e. The van der Waals surface area contributed by atoms with E-state index in [0.29, 0.717) is 0 Å². The molecule has 82 valence electrons. The van der Waals surface area contributed by atoms with Gasteiger partial charge in [0.05, 0.1) is 25.3 Å². The minimum absolute atomic E-state index is 0.160. The second-order valence-corrected chi connectivity index (χ2v) is 4.43. The zero-order valence-corrected chi connectivity index (χ0v) is 9.87. The van der Waals surface area contributed by atoms with Gasteiger partial charge in [0.15, 0.2) is 0 Å². The minimum atomic E-state index is -0.160. The molecule has 1 rings (SSSR count). The molecule has 0 aromatic carbocycles. The van der Waals surface area contributed by atoms with E-state index in [1.54, 1.807) is 14.2 Å². The molecule has 0 unspecified atom stereocenters. The Labute approximate surface area is 86.0 Å². The van der Waals surface area contributed by atoms with Crippen molar-refractivity contribution in [2.24, 2.45) is 0 Å². The van der Waals surface area contributed by atoms with Crippen LogP contribution in [0.25, 0.3) is 0 Å². The van der Waals surface area contributed by atoms with Crippen LogP contribution in [0.3, 0.4) is 0 Å². The van der Waals surface area contributed by atoms with Gasteiger partial charge < -0.3 is 0 Å². The molecule has 0 atom stereocenters. The van der Waals surface area contributed by atoms with Gasteiger partial charge in [-0.1, -0.05) is 0 Å². The summed E-state index contributed by atoms with van der Waals surface area (Å²) in [7, 11) is 3.34. The maximum absolute atomic E-state index is 5.30. The van der Waals surface area contributed by atoms with Gasteiger partial charge in [0.2, 0.25) is 0 Å². The number of hydrogen-bond donors (Lipinski definition) is 0. The van der Waals surface area contributed by atoms with Crippen LogP contribution in [0, 0.1) is 0 Å². The summed E-state index contributed by atoms with van der Waals surface area (Å²) in [5.41, 5.74) is -0.320. The van der Waals surface area contributed by atoms with Crippen molar-refractivity contribution in [1.29, 1.82) is 0 Å². The van der Waals surface area contributed by atoms with Gasteiger partial charge in [0.25, 0.3) is 0 Å². The third kappa shape index (κ3) is 1.38. The molecule has 4 heteroatoms. The van der Waals surface area contributed by atoms with Crippen molar-refractivity contribution >= 4 is 0 Å². The van der Waals surface area contributed by atoms with Gasteiger partial charge in [-0.25, -0.2) is 0 Å². The van der Waals surface area contributed by atoms with Crippen molar-refractivity contribution in [3.63, 3.8) is 0 Å². The second kappa shape index (κ2) is 3.44. The van der Waals surface area contributed by atoms with E-state index >= 15 is 0 Å². The molecule has 0 radical (unpaired) electrons. The molecule has 0 spiro atoms. The van der Waals surface area contributed by atoms with Crippen molar-refractivity contribution in [1.82, 2.24) is 10.1 Å². The quantitative estimate of drug-likeness (QED) is 0.678. The standard InChI is InChI=1S/C10H20N2O2/c1-9(2)10(3,4)12(14-6)8-7-11(9)13-5/h7-8H,1-6H3. The molecule has 0 saturated heterocycles. The van der Waals surface area contributed by atoms with Gasteiger partial charge in [-0.15, -0.1) is 0 Å². The number of nitrogens with zero attached hydrogens (tertiary/aromatic N) is 2. The Morgan fingerprint density at radius 3 is 1.29 bits per heavy atom. The first kappa shape index (κ1) is 11.3. The summed E-state index contributed by atoms with van der Waals surface area (Å²) < 4.78 is 0. The van der Waals surface area contributed by atoms with Crippen molar-refractivity contribution in [2.45, 2.75) is 38.8 Å². The maximum Gasteiger partial charge on any atom is 0.0861 e. The molecule has 1 heterocycles. The van der Waals surface area contributed by atoms with Crippen LogP contribution >= 0.6 is 0 Å². The molecule has 0 aromatic heterocycles. The van der Waals surface area contributed by atoms with E-state index < -0.39 is 0 Å². The van der Waals surface area contributed by atoms with Gasteiger partial charge in [0, 0.05) is 12.4 Å². The predicted molar refractivity (Wildman–Crippen MR) is 55.0 cm³/mol. The van der Waals surface area contributed by atoms with E-state index in [1.807, 2.05) is 22.5 Å². The van der Waals surface area contributed by atoms with Crippen LogP contribution in [0.5, 0.6) is 0 Å². The first-order valence-electron chi connectivity index (χ1n) is 4.73. The number of hydrogen-bond acceptors (Lipinski definition) is 4. The highest BCUT2D eigenvalue weighted by molar-refractivity contribution is 5.08. The SMILES string of the molecule is CON1C=CN(OC)C(C)(C)C1(C)C. The van der Waals surface area contributed by atoms with Crippen LogP contribution in [0.4, 0.5) is 0 Å². The van der Waals surface area contributed by atoms with Crippen molar-refractivity contribution in [2.75, 3.05) is 14.2 Å². The molecule has 0 bridgehead atoms. The molecule has 0 N–H and O–H groups in total. The Hall–Kier alpha value is -0.740. The van der Waals surface area contributed by atoms with E-state index in [-0.39, 0.29) is 11.1 Å². The normalized spacial score (nSPS) is 24.1. The lowest BCUT2D eigenvalue weighted by Gasteiger charge is -2.53. The topological polar surface area (TPSA) is 24.9 Å². The predicted octanol–water partition coefficient (Wildman–Crippen LogP) is 1.76. The molecule has 1 aliphatic heterocycles. The van der Waals surface area contributed by atoms with Crippen molar-refractivity contribution in [3.8, 4) is 0 Å². The Morgan fingerprint density at radius 1 is 0.786 bits per heavy atom. The molecule has 0 amide bonds. The smallest absolute Gasteiger partial charge is 0.0861 e. The Balaban J connectivity index is 3.06. The lowest BCUT2D eigenvalue weighted by molar-refractivity contribution is -0.260. The lowest BCUT2D eigenvalue weighted by Crippen LogP contribution is -2.64. The average Bonchev–Trinajstić information content (AvgIpc) is 2.09. The summed E-state index contributed by atoms with van der Waals surface area (Å²) >= 11 is 0. The van der Waals surface area contributed by atoms with Crippen LogP contribution < -0.4 is 0 Å². The van der Waals surface area contributed by atoms with Gasteiger partial charge in [-0.05, 0) is 27.7 Å². The van der Waals surface area contributed by atoms with Gasteiger partial charge in [-0.2, -0.15) is 0 Å². The first-order chi connectivity index (χ1) is 6.37. The molecule has 0 aromatic rings. The summed E-state index contributed by atoms with van der Waals surface area (Å²) in [6.45, 7) is 8.47. The molecule has 0 fully saturated rings. The zero-order chi connectivity index (χ0) is 11.0. The minimum Gasteiger partial charge on any atom is -0.277 e. The summed E-state index contributed by atoms with van der Waals surface area (Å²) in [5, 5.41) is 3.67. The van der Waals surface area contributed by atoms with E-state index in [9.17, 15) is 0 Å². The molecule has 0 aliphatic carbocycles. The van der Waals surface area contributed by atoms with E-state index in [2.05, 4.69) is 27.7 Å². The summed E-state index contributed by atoms with van der Waals surface area (Å²) in [4.78, 5) is 10.6. The molecular weight excluding hydrogens is 180 g/mol. The Morgan fingerprint density at radius 2 is 1.07 bits per heavy atom. The summed E-state index contributed by atoms with van der Waals surface area (Å²) in [6, 6.07) is 0. The second-order valence-electron chi connectivity index (χ2n) is 4.43. The Kier molecular flexibility index (Phi) is 2.78. The molecular formula is C10H20N2O2. The highest BCUT2D eigenvalue weighted by Gasteiger charge is 2.48. The molecule has 0 saturated carbocycles. The Bertz CT molecular complexity index is 212. The average molecular weight is 200 g/mol.